The SMILES string of the molecule is CSc1ccc(NCC(N)CC(=O)O)cc1. The number of nitrogens with one attached hydrogen (secondary N) is 1. The zero-order chi connectivity index (χ0) is 12.0. The molecule has 0 aliphatic rings. The lowest BCUT2D eigenvalue weighted by Gasteiger charge is -2.11. The van der Waals surface area contributed by atoms with Crippen LogP contribution in [0.15, 0.2) is 29.2 Å². The lowest BCUT2D eigenvalue weighted by atomic mass is 10.2. The number of anilines is 1. The number of carboxylic acids is 1. The number of nitrogens with two attached hydrogens (primary N) is 1. The molecule has 5 heteroatoms. The molecule has 0 saturated heterocycles. The van der Waals surface area contributed by atoms with Crippen molar-refractivity contribution in [1.29, 1.82) is 0 Å². The van der Waals surface area contributed by atoms with Crippen LogP contribution in [0.5, 0.6) is 0 Å². The van der Waals surface area contributed by atoms with Gasteiger partial charge in [-0.25, -0.2) is 0 Å². The summed E-state index contributed by atoms with van der Waals surface area (Å²) in [5, 5.41) is 11.6. The Morgan fingerprint density at radius 2 is 2.12 bits per heavy atom. The van der Waals surface area contributed by atoms with E-state index in [1.807, 2.05) is 30.5 Å². The highest BCUT2D eigenvalue weighted by atomic mass is 32.2. The van der Waals surface area contributed by atoms with Crippen LogP contribution < -0.4 is 11.1 Å². The maximum atomic E-state index is 10.4. The van der Waals surface area contributed by atoms with Crippen molar-refractivity contribution in [3.63, 3.8) is 0 Å². The van der Waals surface area contributed by atoms with Gasteiger partial charge < -0.3 is 16.2 Å². The van der Waals surface area contributed by atoms with Gasteiger partial charge in [-0.05, 0) is 30.5 Å². The Morgan fingerprint density at radius 1 is 1.50 bits per heavy atom. The van der Waals surface area contributed by atoms with E-state index in [9.17, 15) is 4.79 Å². The maximum absolute atomic E-state index is 10.4. The van der Waals surface area contributed by atoms with Crippen molar-refractivity contribution in [3.05, 3.63) is 24.3 Å². The Bertz CT molecular complexity index is 340. The van der Waals surface area contributed by atoms with E-state index in [1.54, 1.807) is 11.8 Å². The number of rotatable bonds is 6. The topological polar surface area (TPSA) is 75.3 Å². The molecule has 1 unspecified atom stereocenters. The fourth-order valence-corrected chi connectivity index (χ4v) is 1.66. The van der Waals surface area contributed by atoms with Crippen LogP contribution in [0.3, 0.4) is 0 Å². The van der Waals surface area contributed by atoms with Crippen molar-refractivity contribution in [2.45, 2.75) is 17.4 Å². The summed E-state index contributed by atoms with van der Waals surface area (Å²) in [7, 11) is 0. The van der Waals surface area contributed by atoms with Crippen molar-refractivity contribution in [2.75, 3.05) is 18.1 Å². The van der Waals surface area contributed by atoms with Crippen LogP contribution in [0.25, 0.3) is 0 Å². The van der Waals surface area contributed by atoms with Crippen molar-refractivity contribution in [1.82, 2.24) is 0 Å². The third kappa shape index (κ3) is 4.55. The predicted molar refractivity (Wildman–Crippen MR) is 66.9 cm³/mol. The number of thioether (sulfide) groups is 1. The molecule has 0 aromatic heterocycles. The molecule has 1 aromatic rings. The van der Waals surface area contributed by atoms with Crippen LogP contribution in [-0.4, -0.2) is 29.9 Å². The number of hydrogen-bond acceptors (Lipinski definition) is 4. The number of carboxylic acid groups (broad SMARTS) is 1. The van der Waals surface area contributed by atoms with Gasteiger partial charge in [0, 0.05) is 23.2 Å². The van der Waals surface area contributed by atoms with E-state index in [0.29, 0.717) is 6.54 Å². The van der Waals surface area contributed by atoms with Crippen LogP contribution in [0.1, 0.15) is 6.42 Å². The molecular formula is C11H16N2O2S. The van der Waals surface area contributed by atoms with Gasteiger partial charge in [0.05, 0.1) is 6.42 Å². The smallest absolute Gasteiger partial charge is 0.304 e. The van der Waals surface area contributed by atoms with Gasteiger partial charge in [-0.15, -0.1) is 11.8 Å². The lowest BCUT2D eigenvalue weighted by Crippen LogP contribution is -2.31. The zero-order valence-corrected chi connectivity index (χ0v) is 9.96. The van der Waals surface area contributed by atoms with Crippen LogP contribution in [0.4, 0.5) is 5.69 Å². The molecule has 16 heavy (non-hydrogen) atoms. The van der Waals surface area contributed by atoms with Crippen LogP contribution in [0.2, 0.25) is 0 Å². The fourth-order valence-electron chi connectivity index (χ4n) is 1.25. The molecule has 0 spiro atoms. The molecule has 1 rings (SSSR count). The highest BCUT2D eigenvalue weighted by Crippen LogP contribution is 2.17. The molecule has 88 valence electrons. The van der Waals surface area contributed by atoms with Gasteiger partial charge in [-0.2, -0.15) is 0 Å². The van der Waals surface area contributed by atoms with Crippen molar-refractivity contribution in [2.24, 2.45) is 5.73 Å². The number of carbonyl (C=O) groups is 1. The molecular weight excluding hydrogens is 224 g/mol. The first-order chi connectivity index (χ1) is 7.61. The summed E-state index contributed by atoms with van der Waals surface area (Å²) in [6, 6.07) is 7.57. The number of aliphatic carboxylic acids is 1. The first kappa shape index (κ1) is 12.9. The Balaban J connectivity index is 2.39. The standard InChI is InChI=1S/C11H16N2O2S/c1-16-10-4-2-9(3-5-10)13-7-8(12)6-11(14)15/h2-5,8,13H,6-7,12H2,1H3,(H,14,15). The average Bonchev–Trinajstić information content (AvgIpc) is 2.26. The normalized spacial score (nSPS) is 12.1. The van der Waals surface area contributed by atoms with Crippen molar-refractivity contribution < 1.29 is 9.90 Å². The van der Waals surface area contributed by atoms with E-state index >= 15 is 0 Å². The predicted octanol–water partition coefficient (Wildman–Crippen LogP) is 1.62. The third-order valence-electron chi connectivity index (χ3n) is 2.10. The van der Waals surface area contributed by atoms with Crippen molar-refractivity contribution >= 4 is 23.4 Å². The fraction of sp³-hybridized carbons (Fsp3) is 0.364. The van der Waals surface area contributed by atoms with E-state index in [0.717, 1.165) is 5.69 Å². The van der Waals surface area contributed by atoms with Crippen LogP contribution in [-0.2, 0) is 4.79 Å². The summed E-state index contributed by atoms with van der Waals surface area (Å²) in [5.74, 6) is -0.868. The highest BCUT2D eigenvalue weighted by molar-refractivity contribution is 7.98. The van der Waals surface area contributed by atoms with Gasteiger partial charge in [0.25, 0.3) is 0 Å². The minimum Gasteiger partial charge on any atom is -0.481 e. The Labute approximate surface area is 99.2 Å². The third-order valence-corrected chi connectivity index (χ3v) is 2.84. The van der Waals surface area contributed by atoms with Gasteiger partial charge in [-0.1, -0.05) is 0 Å². The first-order valence-electron chi connectivity index (χ1n) is 4.97. The summed E-state index contributed by atoms with van der Waals surface area (Å²) in [5.41, 5.74) is 6.59. The average molecular weight is 240 g/mol. The van der Waals surface area contributed by atoms with Gasteiger partial charge >= 0.3 is 5.97 Å². The second-order valence-corrected chi connectivity index (χ2v) is 4.35. The molecule has 0 saturated carbocycles. The molecule has 0 amide bonds. The Kier molecular flexibility index (Phi) is 5.14. The Morgan fingerprint density at radius 3 is 2.62 bits per heavy atom. The van der Waals surface area contributed by atoms with E-state index in [4.69, 9.17) is 10.8 Å². The lowest BCUT2D eigenvalue weighted by molar-refractivity contribution is -0.137. The van der Waals surface area contributed by atoms with E-state index in [-0.39, 0.29) is 12.5 Å². The summed E-state index contributed by atoms with van der Waals surface area (Å²) < 4.78 is 0. The molecule has 0 radical (unpaired) electrons. The monoisotopic (exact) mass is 240 g/mol. The quantitative estimate of drug-likeness (QED) is 0.659. The molecule has 4 nitrogen and oxygen atoms in total. The van der Waals surface area contributed by atoms with Crippen LogP contribution >= 0.6 is 11.8 Å². The number of benzene rings is 1. The summed E-state index contributed by atoms with van der Waals surface area (Å²) in [6.45, 7) is 0.463. The highest BCUT2D eigenvalue weighted by Gasteiger charge is 2.07. The van der Waals surface area contributed by atoms with Gasteiger partial charge in [-0.3, -0.25) is 4.79 Å². The summed E-state index contributed by atoms with van der Waals surface area (Å²) >= 11 is 1.68. The minimum atomic E-state index is -0.868. The zero-order valence-electron chi connectivity index (χ0n) is 9.14. The molecule has 0 fully saturated rings. The van der Waals surface area contributed by atoms with Gasteiger partial charge in [0.1, 0.15) is 0 Å². The molecule has 0 aliphatic carbocycles. The van der Waals surface area contributed by atoms with E-state index in [1.165, 1.54) is 4.90 Å². The Hall–Kier alpha value is -1.20. The van der Waals surface area contributed by atoms with Crippen LogP contribution in [0, 0.1) is 0 Å². The molecule has 1 atom stereocenters. The molecule has 0 aliphatic heterocycles. The molecule has 1 aromatic carbocycles. The van der Waals surface area contributed by atoms with Gasteiger partial charge in [0.2, 0.25) is 0 Å². The molecule has 0 heterocycles. The second-order valence-electron chi connectivity index (χ2n) is 3.47. The van der Waals surface area contributed by atoms with E-state index in [2.05, 4.69) is 5.32 Å². The van der Waals surface area contributed by atoms with Gasteiger partial charge in [0.15, 0.2) is 0 Å². The molecule has 4 N–H and O–H groups in total. The summed E-state index contributed by atoms with van der Waals surface area (Å²) in [4.78, 5) is 11.6. The van der Waals surface area contributed by atoms with E-state index < -0.39 is 5.97 Å². The largest absolute Gasteiger partial charge is 0.481 e. The number of hydrogen-bond donors (Lipinski definition) is 3. The summed E-state index contributed by atoms with van der Waals surface area (Å²) in [6.07, 6.45) is 2.00. The second kappa shape index (κ2) is 6.40. The minimum absolute atomic E-state index is 0.0180. The van der Waals surface area contributed by atoms with Crippen molar-refractivity contribution in [3.8, 4) is 0 Å². The maximum Gasteiger partial charge on any atom is 0.304 e. The molecule has 0 bridgehead atoms. The first-order valence-corrected chi connectivity index (χ1v) is 6.19.